The van der Waals surface area contributed by atoms with Crippen molar-refractivity contribution in [3.05, 3.63) is 65.2 Å². The van der Waals surface area contributed by atoms with Gasteiger partial charge in [0.15, 0.2) is 0 Å². The van der Waals surface area contributed by atoms with Crippen molar-refractivity contribution in [2.45, 2.75) is 45.2 Å². The molecule has 1 aliphatic heterocycles. The van der Waals surface area contributed by atoms with E-state index in [9.17, 15) is 4.79 Å². The van der Waals surface area contributed by atoms with Crippen LogP contribution in [0.4, 0.5) is 5.69 Å². The summed E-state index contributed by atoms with van der Waals surface area (Å²) in [4.78, 5) is 15.9. The Morgan fingerprint density at radius 1 is 1.11 bits per heavy atom. The highest BCUT2D eigenvalue weighted by Crippen LogP contribution is 2.18. The van der Waals surface area contributed by atoms with Crippen molar-refractivity contribution in [3.8, 4) is 0 Å². The van der Waals surface area contributed by atoms with Crippen LogP contribution in [0.5, 0.6) is 0 Å². The molecule has 0 saturated carbocycles. The molecule has 28 heavy (non-hydrogen) atoms. The second-order valence-corrected chi connectivity index (χ2v) is 8.05. The largest absolute Gasteiger partial charge is 0.378 e. The third-order valence-corrected chi connectivity index (χ3v) is 5.82. The Bertz CT molecular complexity index is 770. The number of amides is 1. The van der Waals surface area contributed by atoms with Crippen LogP contribution in [-0.2, 0) is 17.8 Å². The molecule has 3 rings (SSSR count). The average Bonchev–Trinajstić information content (AvgIpc) is 2.72. The van der Waals surface area contributed by atoms with E-state index in [1.54, 1.807) is 0 Å². The van der Waals surface area contributed by atoms with Crippen molar-refractivity contribution >= 4 is 11.6 Å². The predicted octanol–water partition coefficient (Wildman–Crippen LogP) is 2.74. The van der Waals surface area contributed by atoms with Gasteiger partial charge in [0.2, 0.25) is 5.91 Å². The van der Waals surface area contributed by atoms with Crippen molar-refractivity contribution < 1.29 is 9.69 Å². The number of benzene rings is 2. The van der Waals surface area contributed by atoms with Gasteiger partial charge in [0.1, 0.15) is 12.6 Å². The Balaban J connectivity index is 1.77. The fourth-order valence-electron chi connectivity index (χ4n) is 4.04. The summed E-state index contributed by atoms with van der Waals surface area (Å²) in [6, 6.07) is 17.9. The maximum atomic E-state index is 12.2. The van der Waals surface area contributed by atoms with Gasteiger partial charge in [-0.1, -0.05) is 49.7 Å². The standard InChI is InChI=1S/C24H33N3O/c1-4-5-10-24(28)25-17-23(20-11-13-22(14-12-20)26(2)3)27-16-15-19-8-6-7-9-21(19)18-27/h6-9,11-14,23H,4-5,10,15-18H2,1-3H3,(H,25,28)/p+1/t23-/m0/s1. The Morgan fingerprint density at radius 3 is 2.50 bits per heavy atom. The van der Waals surface area contributed by atoms with Crippen molar-refractivity contribution in [1.82, 2.24) is 5.32 Å². The molecule has 2 aromatic rings. The number of hydrogen-bond donors (Lipinski definition) is 2. The fourth-order valence-corrected chi connectivity index (χ4v) is 4.04. The summed E-state index contributed by atoms with van der Waals surface area (Å²) in [7, 11) is 4.13. The molecule has 0 saturated heterocycles. The Kier molecular flexibility index (Phi) is 7.10. The van der Waals surface area contributed by atoms with E-state index in [0.717, 1.165) is 32.4 Å². The molecule has 0 spiro atoms. The van der Waals surface area contributed by atoms with Crippen LogP contribution in [0.15, 0.2) is 48.5 Å². The molecule has 1 unspecified atom stereocenters. The molecule has 4 heteroatoms. The summed E-state index contributed by atoms with van der Waals surface area (Å²) in [6.45, 7) is 4.93. The lowest BCUT2D eigenvalue weighted by molar-refractivity contribution is -0.945. The third-order valence-electron chi connectivity index (χ3n) is 5.82. The molecular weight excluding hydrogens is 346 g/mol. The van der Waals surface area contributed by atoms with E-state index in [0.29, 0.717) is 13.0 Å². The number of anilines is 1. The van der Waals surface area contributed by atoms with E-state index in [1.807, 2.05) is 0 Å². The molecule has 2 aromatic carbocycles. The summed E-state index contributed by atoms with van der Waals surface area (Å²) in [5.74, 6) is 0.175. The smallest absolute Gasteiger partial charge is 0.220 e. The molecule has 0 radical (unpaired) electrons. The quantitative estimate of drug-likeness (QED) is 0.739. The Hall–Kier alpha value is -2.33. The summed E-state index contributed by atoms with van der Waals surface area (Å²) >= 11 is 0. The lowest BCUT2D eigenvalue weighted by Gasteiger charge is -2.33. The number of carbonyl (C=O) groups excluding carboxylic acids is 1. The second-order valence-electron chi connectivity index (χ2n) is 8.05. The van der Waals surface area contributed by atoms with Gasteiger partial charge in [0.25, 0.3) is 0 Å². The van der Waals surface area contributed by atoms with Crippen molar-refractivity contribution in [2.24, 2.45) is 0 Å². The normalized spacial score (nSPS) is 16.9. The van der Waals surface area contributed by atoms with Gasteiger partial charge in [-0.3, -0.25) is 4.79 Å². The van der Waals surface area contributed by atoms with Crippen LogP contribution in [0.25, 0.3) is 0 Å². The topological polar surface area (TPSA) is 36.8 Å². The predicted molar refractivity (Wildman–Crippen MR) is 116 cm³/mol. The van der Waals surface area contributed by atoms with Gasteiger partial charge < -0.3 is 15.1 Å². The second kappa shape index (κ2) is 9.74. The number of rotatable bonds is 8. The van der Waals surface area contributed by atoms with Crippen molar-refractivity contribution in [3.63, 3.8) is 0 Å². The van der Waals surface area contributed by atoms with Gasteiger partial charge in [0.05, 0.1) is 13.1 Å². The van der Waals surface area contributed by atoms with Crippen LogP contribution in [-0.4, -0.2) is 33.1 Å². The first-order valence-electron chi connectivity index (χ1n) is 10.5. The Morgan fingerprint density at radius 2 is 1.82 bits per heavy atom. The zero-order chi connectivity index (χ0) is 19.9. The Labute approximate surface area is 169 Å². The third kappa shape index (κ3) is 5.14. The average molecular weight is 381 g/mol. The number of unbranched alkanes of at least 4 members (excludes halogenated alkanes) is 1. The zero-order valence-electron chi connectivity index (χ0n) is 17.5. The highest BCUT2D eigenvalue weighted by molar-refractivity contribution is 5.75. The van der Waals surface area contributed by atoms with Gasteiger partial charge in [-0.05, 0) is 24.1 Å². The maximum absolute atomic E-state index is 12.2. The van der Waals surface area contributed by atoms with Crippen LogP contribution in [0.3, 0.4) is 0 Å². The number of quaternary nitrogens is 1. The first-order chi connectivity index (χ1) is 13.6. The molecular formula is C24H34N3O+. The molecule has 2 atom stereocenters. The molecule has 0 fully saturated rings. The monoisotopic (exact) mass is 380 g/mol. The van der Waals surface area contributed by atoms with Crippen molar-refractivity contribution in [2.75, 3.05) is 32.1 Å². The molecule has 150 valence electrons. The van der Waals surface area contributed by atoms with E-state index < -0.39 is 0 Å². The van der Waals surface area contributed by atoms with Crippen LogP contribution < -0.4 is 15.1 Å². The van der Waals surface area contributed by atoms with E-state index in [2.05, 4.69) is 79.8 Å². The van der Waals surface area contributed by atoms with Crippen LogP contribution in [0.1, 0.15) is 48.9 Å². The first kappa shape index (κ1) is 20.4. The minimum atomic E-state index is 0.175. The highest BCUT2D eigenvalue weighted by atomic mass is 16.1. The molecule has 1 heterocycles. The van der Waals surface area contributed by atoms with Crippen molar-refractivity contribution in [1.29, 1.82) is 0 Å². The molecule has 1 amide bonds. The van der Waals surface area contributed by atoms with E-state index >= 15 is 0 Å². The number of nitrogens with zero attached hydrogens (tertiary/aromatic N) is 1. The van der Waals surface area contributed by atoms with Gasteiger partial charge >= 0.3 is 0 Å². The van der Waals surface area contributed by atoms with Crippen LogP contribution in [0.2, 0.25) is 0 Å². The lowest BCUT2D eigenvalue weighted by atomic mass is 9.96. The summed E-state index contributed by atoms with van der Waals surface area (Å²) in [5, 5.41) is 3.20. The molecule has 2 N–H and O–H groups in total. The molecule has 1 aliphatic rings. The highest BCUT2D eigenvalue weighted by Gasteiger charge is 2.28. The molecule has 0 aromatic heterocycles. The van der Waals surface area contributed by atoms with Crippen LogP contribution >= 0.6 is 0 Å². The first-order valence-corrected chi connectivity index (χ1v) is 10.5. The van der Waals surface area contributed by atoms with Gasteiger partial charge in [0, 0.05) is 43.8 Å². The summed E-state index contributed by atoms with van der Waals surface area (Å²) in [5.41, 5.74) is 5.42. The number of nitrogens with one attached hydrogen (secondary N) is 2. The van der Waals surface area contributed by atoms with E-state index in [-0.39, 0.29) is 11.9 Å². The number of fused-ring (bicyclic) bond motifs is 1. The molecule has 4 nitrogen and oxygen atoms in total. The number of carbonyl (C=O) groups is 1. The van der Waals surface area contributed by atoms with E-state index in [4.69, 9.17) is 0 Å². The minimum absolute atomic E-state index is 0.175. The van der Waals surface area contributed by atoms with Gasteiger partial charge in [-0.15, -0.1) is 0 Å². The summed E-state index contributed by atoms with van der Waals surface area (Å²) in [6.07, 6.45) is 3.73. The minimum Gasteiger partial charge on any atom is -0.378 e. The number of hydrogen-bond acceptors (Lipinski definition) is 2. The SMILES string of the molecule is CCCCC(=O)NC[C@@H](c1ccc(N(C)C)cc1)[NH+]1CCc2ccccc2C1. The van der Waals surface area contributed by atoms with Gasteiger partial charge in [-0.2, -0.15) is 0 Å². The molecule has 0 aliphatic carbocycles. The maximum Gasteiger partial charge on any atom is 0.220 e. The fraction of sp³-hybridized carbons (Fsp3) is 0.458. The van der Waals surface area contributed by atoms with E-state index in [1.165, 1.54) is 27.3 Å². The summed E-state index contributed by atoms with van der Waals surface area (Å²) < 4.78 is 0. The van der Waals surface area contributed by atoms with Crippen LogP contribution in [0, 0.1) is 0 Å². The lowest BCUT2D eigenvalue weighted by Crippen LogP contribution is -3.12. The zero-order valence-corrected chi connectivity index (χ0v) is 17.5. The molecule has 0 bridgehead atoms. The van der Waals surface area contributed by atoms with Gasteiger partial charge in [-0.25, -0.2) is 0 Å².